The number of hydrazone groups is 1. The maximum atomic E-state index is 12.4. The summed E-state index contributed by atoms with van der Waals surface area (Å²) in [4.78, 5) is 14.8. The maximum Gasteiger partial charge on any atom is 0.307 e. The van der Waals surface area contributed by atoms with Crippen molar-refractivity contribution >= 4 is 50.3 Å². The van der Waals surface area contributed by atoms with E-state index in [4.69, 9.17) is 4.42 Å². The van der Waals surface area contributed by atoms with Crippen LogP contribution >= 0.6 is 15.9 Å². The van der Waals surface area contributed by atoms with Crippen molar-refractivity contribution in [3.8, 4) is 0 Å². The summed E-state index contributed by atoms with van der Waals surface area (Å²) in [6.07, 6.45) is 3.96. The molecule has 0 bridgehead atoms. The van der Waals surface area contributed by atoms with Gasteiger partial charge in [0.05, 0.1) is 11.8 Å². The summed E-state index contributed by atoms with van der Waals surface area (Å²) in [6, 6.07) is 14.0. The van der Waals surface area contributed by atoms with Crippen LogP contribution in [-0.4, -0.2) is 23.7 Å². The van der Waals surface area contributed by atoms with Crippen LogP contribution in [-0.2, 0) is 0 Å². The van der Waals surface area contributed by atoms with Crippen molar-refractivity contribution in [2.24, 2.45) is 5.10 Å². The first kappa shape index (κ1) is 21.4. The minimum Gasteiger partial charge on any atom is -0.451 e. The van der Waals surface area contributed by atoms with Crippen LogP contribution in [0, 0.1) is 0 Å². The van der Waals surface area contributed by atoms with E-state index in [1.165, 1.54) is 16.8 Å². The topological polar surface area (TPSA) is 57.8 Å². The number of furan rings is 1. The van der Waals surface area contributed by atoms with Gasteiger partial charge < -0.3 is 9.32 Å². The van der Waals surface area contributed by atoms with Gasteiger partial charge in [-0.05, 0) is 82.2 Å². The summed E-state index contributed by atoms with van der Waals surface area (Å²) in [5, 5.41) is 4.99. The van der Waals surface area contributed by atoms with Crippen molar-refractivity contribution in [1.29, 1.82) is 0 Å². The average molecular weight is 480 g/mol. The molecule has 1 aliphatic rings. The summed E-state index contributed by atoms with van der Waals surface area (Å²) < 4.78 is 6.54. The normalized spacial score (nSPS) is 15.5. The number of nitrogens with one attached hydrogen (secondary N) is 1. The van der Waals surface area contributed by atoms with E-state index in [0.29, 0.717) is 11.6 Å². The molecular weight excluding hydrogens is 454 g/mol. The van der Waals surface area contributed by atoms with E-state index >= 15 is 0 Å². The van der Waals surface area contributed by atoms with Crippen molar-refractivity contribution in [2.45, 2.75) is 46.2 Å². The van der Waals surface area contributed by atoms with Gasteiger partial charge in [0.1, 0.15) is 5.58 Å². The van der Waals surface area contributed by atoms with Gasteiger partial charge in [0.25, 0.3) is 0 Å². The molecule has 0 aliphatic carbocycles. The fraction of sp³-hybridized carbons (Fsp3) is 0.280. The van der Waals surface area contributed by atoms with E-state index in [2.05, 4.69) is 84.2 Å². The Morgan fingerprint density at radius 1 is 1.19 bits per heavy atom. The predicted molar refractivity (Wildman–Crippen MR) is 131 cm³/mol. The van der Waals surface area contributed by atoms with Crippen molar-refractivity contribution < 1.29 is 9.21 Å². The molecule has 0 unspecified atom stereocenters. The minimum atomic E-state index is -0.384. The van der Waals surface area contributed by atoms with Gasteiger partial charge >= 0.3 is 5.91 Å². The molecule has 160 valence electrons. The molecular formula is C25H26BrN3O2. The van der Waals surface area contributed by atoms with Crippen LogP contribution in [0.3, 0.4) is 0 Å². The number of benzene rings is 2. The molecule has 1 aromatic heterocycles. The standard InChI is InChI=1S/C25H26BrN3O2/c1-15(2)29-21-8-6-17(10-20(21)16(3)13-25(29,4)5)14-27-28-24(30)23-12-18-11-19(26)7-9-22(18)31-23/h6-15H,1-5H3,(H,28,30)/b27-14-. The van der Waals surface area contributed by atoms with Gasteiger partial charge in [-0.15, -0.1) is 0 Å². The van der Waals surface area contributed by atoms with Crippen LogP contribution in [0.5, 0.6) is 0 Å². The number of rotatable bonds is 4. The molecule has 0 fully saturated rings. The van der Waals surface area contributed by atoms with Crippen LogP contribution in [0.25, 0.3) is 16.5 Å². The second-order valence-corrected chi connectivity index (χ2v) is 9.63. The molecule has 0 saturated carbocycles. The Morgan fingerprint density at radius 2 is 1.97 bits per heavy atom. The van der Waals surface area contributed by atoms with E-state index in [-0.39, 0.29) is 17.2 Å². The summed E-state index contributed by atoms with van der Waals surface area (Å²) in [6.45, 7) is 11.0. The number of allylic oxidation sites excluding steroid dienone is 1. The number of halogens is 1. The predicted octanol–water partition coefficient (Wildman–Crippen LogP) is 6.37. The fourth-order valence-corrected chi connectivity index (χ4v) is 4.82. The zero-order valence-electron chi connectivity index (χ0n) is 18.4. The smallest absolute Gasteiger partial charge is 0.307 e. The van der Waals surface area contributed by atoms with Gasteiger partial charge in [0, 0.05) is 27.2 Å². The average Bonchev–Trinajstić information content (AvgIpc) is 3.10. The van der Waals surface area contributed by atoms with Gasteiger partial charge in [-0.2, -0.15) is 5.10 Å². The van der Waals surface area contributed by atoms with Crippen LogP contribution in [0.2, 0.25) is 0 Å². The number of hydrogen-bond donors (Lipinski definition) is 1. The third kappa shape index (κ3) is 4.17. The zero-order chi connectivity index (χ0) is 22.3. The maximum absolute atomic E-state index is 12.4. The Labute approximate surface area is 190 Å². The lowest BCUT2D eigenvalue weighted by atomic mass is 9.87. The molecule has 0 radical (unpaired) electrons. The van der Waals surface area contributed by atoms with E-state index in [9.17, 15) is 4.79 Å². The summed E-state index contributed by atoms with van der Waals surface area (Å²) in [5.74, 6) is -0.158. The molecule has 4 rings (SSSR count). The quantitative estimate of drug-likeness (QED) is 0.349. The number of amides is 1. The van der Waals surface area contributed by atoms with E-state index in [0.717, 1.165) is 15.4 Å². The molecule has 6 heteroatoms. The highest BCUT2D eigenvalue weighted by molar-refractivity contribution is 9.10. The van der Waals surface area contributed by atoms with Gasteiger partial charge in [0.2, 0.25) is 0 Å². The second-order valence-electron chi connectivity index (χ2n) is 8.71. The highest BCUT2D eigenvalue weighted by Crippen LogP contribution is 2.40. The number of carbonyl (C=O) groups excluding carboxylic acids is 1. The van der Waals surface area contributed by atoms with Gasteiger partial charge in [0.15, 0.2) is 5.76 Å². The molecule has 1 aliphatic heterocycles. The first-order valence-corrected chi connectivity index (χ1v) is 11.1. The third-order valence-corrected chi connectivity index (χ3v) is 5.99. The largest absolute Gasteiger partial charge is 0.451 e. The van der Waals surface area contributed by atoms with Crippen LogP contribution in [0.15, 0.2) is 62.5 Å². The number of fused-ring (bicyclic) bond motifs is 2. The number of carbonyl (C=O) groups is 1. The van der Waals surface area contributed by atoms with E-state index in [1.54, 1.807) is 12.3 Å². The molecule has 0 spiro atoms. The van der Waals surface area contributed by atoms with E-state index in [1.807, 2.05) is 24.3 Å². The molecule has 1 amide bonds. The molecule has 3 aromatic rings. The van der Waals surface area contributed by atoms with Crippen LogP contribution in [0.1, 0.15) is 56.3 Å². The van der Waals surface area contributed by atoms with E-state index < -0.39 is 0 Å². The number of hydrogen-bond acceptors (Lipinski definition) is 4. The minimum absolute atomic E-state index is 0.0446. The van der Waals surface area contributed by atoms with Crippen molar-refractivity contribution in [1.82, 2.24) is 5.43 Å². The number of anilines is 1. The first-order valence-electron chi connectivity index (χ1n) is 10.3. The van der Waals surface area contributed by atoms with Gasteiger partial charge in [-0.25, -0.2) is 5.43 Å². The monoisotopic (exact) mass is 479 g/mol. The molecule has 1 N–H and O–H groups in total. The Bertz CT molecular complexity index is 1220. The Balaban J connectivity index is 1.53. The Hall–Kier alpha value is -2.86. The molecule has 0 atom stereocenters. The highest BCUT2D eigenvalue weighted by Gasteiger charge is 2.32. The lowest BCUT2D eigenvalue weighted by Crippen LogP contribution is -2.49. The summed E-state index contributed by atoms with van der Waals surface area (Å²) in [5.41, 5.74) is 7.73. The van der Waals surface area contributed by atoms with Crippen molar-refractivity contribution in [3.05, 3.63) is 69.9 Å². The molecule has 2 heterocycles. The van der Waals surface area contributed by atoms with Gasteiger partial charge in [-0.1, -0.05) is 28.1 Å². The Kier molecular flexibility index (Phi) is 5.52. The highest BCUT2D eigenvalue weighted by atomic mass is 79.9. The molecule has 5 nitrogen and oxygen atoms in total. The Morgan fingerprint density at radius 3 is 2.71 bits per heavy atom. The van der Waals surface area contributed by atoms with Crippen LogP contribution in [0.4, 0.5) is 5.69 Å². The SMILES string of the molecule is CC1=CC(C)(C)N(C(C)C)c2ccc(/C=N\NC(=O)c3cc4cc(Br)ccc4o3)cc21. The fourth-order valence-electron chi connectivity index (χ4n) is 4.44. The molecule has 31 heavy (non-hydrogen) atoms. The summed E-state index contributed by atoms with van der Waals surface area (Å²) in [7, 11) is 0. The van der Waals surface area contributed by atoms with Crippen molar-refractivity contribution in [3.63, 3.8) is 0 Å². The number of nitrogens with zero attached hydrogens (tertiary/aromatic N) is 2. The molecule has 2 aromatic carbocycles. The first-order chi connectivity index (χ1) is 14.7. The lowest BCUT2D eigenvalue weighted by molar-refractivity contribution is 0.0929. The third-order valence-electron chi connectivity index (χ3n) is 5.49. The lowest BCUT2D eigenvalue weighted by Gasteiger charge is -2.46. The second kappa shape index (κ2) is 8.00. The van der Waals surface area contributed by atoms with Crippen molar-refractivity contribution in [2.75, 3.05) is 4.90 Å². The van der Waals surface area contributed by atoms with Gasteiger partial charge in [-0.3, -0.25) is 4.79 Å². The zero-order valence-corrected chi connectivity index (χ0v) is 19.9. The van der Waals surface area contributed by atoms with Crippen LogP contribution < -0.4 is 10.3 Å². The molecule has 0 saturated heterocycles. The summed E-state index contributed by atoms with van der Waals surface area (Å²) >= 11 is 3.42.